The van der Waals surface area contributed by atoms with E-state index in [2.05, 4.69) is 10.4 Å². The quantitative estimate of drug-likeness (QED) is 0.865. The number of rotatable bonds is 3. The van der Waals surface area contributed by atoms with E-state index < -0.39 is 0 Å². The molecule has 2 rings (SSSR count). The maximum atomic E-state index is 13.3. The fraction of sp³-hybridized carbons (Fsp3) is 0.167. The Morgan fingerprint density at radius 2 is 2.28 bits per heavy atom. The number of carbonyl (C=O) groups is 1. The molecule has 5 nitrogen and oxygen atoms in total. The van der Waals surface area contributed by atoms with Crippen molar-refractivity contribution in [3.05, 3.63) is 41.8 Å². The summed E-state index contributed by atoms with van der Waals surface area (Å²) < 4.78 is 14.7. The molecule has 6 heteroatoms. The van der Waals surface area contributed by atoms with Crippen molar-refractivity contribution in [1.29, 1.82) is 0 Å². The van der Waals surface area contributed by atoms with Gasteiger partial charge in [0, 0.05) is 11.9 Å². The summed E-state index contributed by atoms with van der Waals surface area (Å²) in [4.78, 5) is 11.7. The molecule has 0 atom stereocenters. The van der Waals surface area contributed by atoms with Crippen LogP contribution in [0.4, 0.5) is 15.9 Å². The molecule has 0 aliphatic carbocycles. The van der Waals surface area contributed by atoms with Gasteiger partial charge in [0.1, 0.15) is 18.2 Å². The summed E-state index contributed by atoms with van der Waals surface area (Å²) in [7, 11) is 0. The zero-order valence-corrected chi connectivity index (χ0v) is 9.85. The topological polar surface area (TPSA) is 72.9 Å². The SMILES string of the molecule is Cc1ccc(NC(=O)Cn2ccc(N)n2)cc1F. The standard InChI is InChI=1S/C12H13FN4O/c1-8-2-3-9(6-10(8)13)15-12(18)7-17-5-4-11(14)16-17/h2-6H,7H2,1H3,(H2,14,16)(H,15,18). The van der Waals surface area contributed by atoms with Crippen molar-refractivity contribution in [1.82, 2.24) is 9.78 Å². The van der Waals surface area contributed by atoms with Gasteiger partial charge in [-0.3, -0.25) is 9.48 Å². The molecule has 94 valence electrons. The number of aryl methyl sites for hydroxylation is 1. The first kappa shape index (κ1) is 12.1. The lowest BCUT2D eigenvalue weighted by Crippen LogP contribution is -2.19. The molecule has 1 amide bonds. The zero-order chi connectivity index (χ0) is 13.1. The third kappa shape index (κ3) is 2.85. The van der Waals surface area contributed by atoms with Crippen molar-refractivity contribution in [3.8, 4) is 0 Å². The summed E-state index contributed by atoms with van der Waals surface area (Å²) in [6.45, 7) is 1.69. The fourth-order valence-electron chi connectivity index (χ4n) is 1.48. The number of nitrogens with zero attached hydrogens (tertiary/aromatic N) is 2. The number of carbonyl (C=O) groups excluding carboxylic acids is 1. The minimum Gasteiger partial charge on any atom is -0.382 e. The first-order valence-electron chi connectivity index (χ1n) is 5.39. The van der Waals surface area contributed by atoms with Gasteiger partial charge in [0.05, 0.1) is 0 Å². The fourth-order valence-corrected chi connectivity index (χ4v) is 1.48. The van der Waals surface area contributed by atoms with E-state index >= 15 is 0 Å². The third-order valence-electron chi connectivity index (χ3n) is 2.42. The molecular weight excluding hydrogens is 235 g/mol. The van der Waals surface area contributed by atoms with Crippen LogP contribution in [0.25, 0.3) is 0 Å². The summed E-state index contributed by atoms with van der Waals surface area (Å²) in [5.74, 6) is -0.290. The molecule has 18 heavy (non-hydrogen) atoms. The molecule has 1 heterocycles. The van der Waals surface area contributed by atoms with E-state index in [9.17, 15) is 9.18 Å². The van der Waals surface area contributed by atoms with E-state index in [0.717, 1.165) is 0 Å². The lowest BCUT2D eigenvalue weighted by molar-refractivity contribution is -0.116. The molecule has 0 fully saturated rings. The largest absolute Gasteiger partial charge is 0.382 e. The van der Waals surface area contributed by atoms with Crippen molar-refractivity contribution >= 4 is 17.4 Å². The predicted molar refractivity (Wildman–Crippen MR) is 66.4 cm³/mol. The summed E-state index contributed by atoms with van der Waals surface area (Å²) in [5.41, 5.74) is 6.38. The van der Waals surface area contributed by atoms with Gasteiger partial charge >= 0.3 is 0 Å². The van der Waals surface area contributed by atoms with Crippen molar-refractivity contribution in [2.24, 2.45) is 0 Å². The van der Waals surface area contributed by atoms with Gasteiger partial charge in [-0.25, -0.2) is 4.39 Å². The Labute approximate surface area is 103 Å². The van der Waals surface area contributed by atoms with Crippen LogP contribution in [0.5, 0.6) is 0 Å². The van der Waals surface area contributed by atoms with Crippen LogP contribution in [0.3, 0.4) is 0 Å². The van der Waals surface area contributed by atoms with E-state index in [4.69, 9.17) is 5.73 Å². The number of hydrogen-bond donors (Lipinski definition) is 2. The lowest BCUT2D eigenvalue weighted by atomic mass is 10.2. The van der Waals surface area contributed by atoms with Crippen LogP contribution >= 0.6 is 0 Å². The second kappa shape index (κ2) is 4.87. The first-order chi connectivity index (χ1) is 8.54. The Morgan fingerprint density at radius 3 is 2.89 bits per heavy atom. The lowest BCUT2D eigenvalue weighted by Gasteiger charge is -2.06. The molecule has 3 N–H and O–H groups in total. The molecule has 1 aromatic heterocycles. The van der Waals surface area contributed by atoms with Crippen molar-refractivity contribution < 1.29 is 9.18 Å². The van der Waals surface area contributed by atoms with Crippen LogP contribution in [0.2, 0.25) is 0 Å². The molecule has 0 saturated carbocycles. The average Bonchev–Trinajstić information content (AvgIpc) is 2.69. The normalized spacial score (nSPS) is 10.3. The number of aromatic nitrogens is 2. The Kier molecular flexibility index (Phi) is 3.27. The Bertz CT molecular complexity index is 579. The second-order valence-electron chi connectivity index (χ2n) is 3.95. The van der Waals surface area contributed by atoms with Crippen LogP contribution < -0.4 is 11.1 Å². The first-order valence-corrected chi connectivity index (χ1v) is 5.39. The number of nitrogens with one attached hydrogen (secondary N) is 1. The average molecular weight is 248 g/mol. The smallest absolute Gasteiger partial charge is 0.246 e. The van der Waals surface area contributed by atoms with Crippen LogP contribution in [0.15, 0.2) is 30.5 Å². The number of nitrogens with two attached hydrogens (primary N) is 1. The molecule has 1 aromatic carbocycles. The highest BCUT2D eigenvalue weighted by Crippen LogP contribution is 2.13. The summed E-state index contributed by atoms with van der Waals surface area (Å²) in [6, 6.07) is 6.13. The number of benzene rings is 1. The van der Waals surface area contributed by atoms with Gasteiger partial charge in [-0.1, -0.05) is 6.07 Å². The van der Waals surface area contributed by atoms with Gasteiger partial charge in [-0.05, 0) is 30.7 Å². The third-order valence-corrected chi connectivity index (χ3v) is 2.42. The highest BCUT2D eigenvalue weighted by Gasteiger charge is 2.06. The maximum absolute atomic E-state index is 13.3. The summed E-state index contributed by atoms with van der Waals surface area (Å²) in [5, 5.41) is 6.47. The molecule has 2 aromatic rings. The molecule has 0 bridgehead atoms. The summed E-state index contributed by atoms with van der Waals surface area (Å²) >= 11 is 0. The van der Waals surface area contributed by atoms with Crippen LogP contribution in [0.1, 0.15) is 5.56 Å². The molecule has 0 radical (unpaired) electrons. The minimum atomic E-state index is -0.351. The van der Waals surface area contributed by atoms with Crippen LogP contribution in [0, 0.1) is 12.7 Å². The van der Waals surface area contributed by atoms with Crippen molar-refractivity contribution in [2.45, 2.75) is 13.5 Å². The molecular formula is C12H13FN4O. The van der Waals surface area contributed by atoms with Gasteiger partial charge in [-0.2, -0.15) is 5.10 Å². The molecule has 0 saturated heterocycles. The molecule has 0 aliphatic rings. The van der Waals surface area contributed by atoms with Gasteiger partial charge in [0.25, 0.3) is 0 Å². The monoisotopic (exact) mass is 248 g/mol. The predicted octanol–water partition coefficient (Wildman–Crippen LogP) is 1.55. The second-order valence-corrected chi connectivity index (χ2v) is 3.95. The Morgan fingerprint density at radius 1 is 1.50 bits per heavy atom. The highest BCUT2D eigenvalue weighted by atomic mass is 19.1. The van der Waals surface area contributed by atoms with E-state index in [1.54, 1.807) is 31.3 Å². The minimum absolute atomic E-state index is 0.0344. The van der Waals surface area contributed by atoms with E-state index in [1.807, 2.05) is 0 Å². The van der Waals surface area contributed by atoms with Crippen LogP contribution in [-0.4, -0.2) is 15.7 Å². The number of hydrogen-bond acceptors (Lipinski definition) is 3. The zero-order valence-electron chi connectivity index (χ0n) is 9.85. The molecule has 0 spiro atoms. The van der Waals surface area contributed by atoms with Crippen molar-refractivity contribution in [3.63, 3.8) is 0 Å². The molecule has 0 unspecified atom stereocenters. The van der Waals surface area contributed by atoms with Crippen LogP contribution in [-0.2, 0) is 11.3 Å². The van der Waals surface area contributed by atoms with Gasteiger partial charge < -0.3 is 11.1 Å². The van der Waals surface area contributed by atoms with Crippen molar-refractivity contribution in [2.75, 3.05) is 11.1 Å². The summed E-state index contributed by atoms with van der Waals surface area (Å²) in [6.07, 6.45) is 1.60. The number of halogens is 1. The number of anilines is 2. The highest BCUT2D eigenvalue weighted by molar-refractivity contribution is 5.90. The molecule has 0 aliphatic heterocycles. The van der Waals surface area contributed by atoms with Gasteiger partial charge in [-0.15, -0.1) is 0 Å². The maximum Gasteiger partial charge on any atom is 0.246 e. The van der Waals surface area contributed by atoms with E-state index in [1.165, 1.54) is 10.7 Å². The number of amides is 1. The van der Waals surface area contributed by atoms with Gasteiger partial charge in [0.15, 0.2) is 0 Å². The van der Waals surface area contributed by atoms with Gasteiger partial charge in [0.2, 0.25) is 5.91 Å². The Hall–Kier alpha value is -2.37. The van der Waals surface area contributed by atoms with E-state index in [-0.39, 0.29) is 18.3 Å². The van der Waals surface area contributed by atoms with E-state index in [0.29, 0.717) is 17.1 Å². The number of nitrogen functional groups attached to an aromatic ring is 1. The Balaban J connectivity index is 2.00.